The van der Waals surface area contributed by atoms with E-state index in [0.29, 0.717) is 12.3 Å². The number of piperazine rings is 1. The average molecular weight is 254 g/mol. The van der Waals surface area contributed by atoms with Crippen LogP contribution in [0.15, 0.2) is 0 Å². The summed E-state index contributed by atoms with van der Waals surface area (Å²) in [6.07, 6.45) is 0.650. The SMILES string of the molecule is CCC1NC(=O)C(C(C)C)N(C(C)C(C)C)C1=O. The molecule has 0 spiro atoms. The molecular formula is C14H26N2O2. The molecule has 4 nitrogen and oxygen atoms in total. The van der Waals surface area contributed by atoms with E-state index < -0.39 is 0 Å². The molecule has 4 heteroatoms. The van der Waals surface area contributed by atoms with E-state index in [0.717, 1.165) is 0 Å². The highest BCUT2D eigenvalue weighted by atomic mass is 16.2. The summed E-state index contributed by atoms with van der Waals surface area (Å²) in [5.41, 5.74) is 0. The van der Waals surface area contributed by atoms with Crippen LogP contribution in [0, 0.1) is 11.8 Å². The Morgan fingerprint density at radius 2 is 1.72 bits per heavy atom. The van der Waals surface area contributed by atoms with Crippen LogP contribution in [0.2, 0.25) is 0 Å². The molecule has 2 amide bonds. The Hall–Kier alpha value is -1.06. The van der Waals surface area contributed by atoms with Gasteiger partial charge in [-0.25, -0.2) is 0 Å². The molecule has 0 bridgehead atoms. The molecule has 0 aliphatic carbocycles. The molecule has 0 radical (unpaired) electrons. The molecular weight excluding hydrogens is 228 g/mol. The summed E-state index contributed by atoms with van der Waals surface area (Å²) in [6, 6.07) is -0.601. The Labute approximate surface area is 110 Å². The van der Waals surface area contributed by atoms with Crippen molar-refractivity contribution in [1.82, 2.24) is 10.2 Å². The summed E-state index contributed by atoms with van der Waals surface area (Å²) in [5.74, 6) is 0.535. The van der Waals surface area contributed by atoms with Gasteiger partial charge in [-0.15, -0.1) is 0 Å². The van der Waals surface area contributed by atoms with Gasteiger partial charge in [-0.1, -0.05) is 34.6 Å². The highest BCUT2D eigenvalue weighted by molar-refractivity contribution is 5.97. The van der Waals surface area contributed by atoms with E-state index in [2.05, 4.69) is 19.2 Å². The van der Waals surface area contributed by atoms with Crippen LogP contribution >= 0.6 is 0 Å². The molecule has 0 aromatic carbocycles. The summed E-state index contributed by atoms with van der Waals surface area (Å²) >= 11 is 0. The van der Waals surface area contributed by atoms with Crippen molar-refractivity contribution in [2.75, 3.05) is 0 Å². The van der Waals surface area contributed by atoms with Gasteiger partial charge in [0, 0.05) is 6.04 Å². The Balaban J connectivity index is 3.09. The van der Waals surface area contributed by atoms with Crippen molar-refractivity contribution in [2.24, 2.45) is 11.8 Å². The molecule has 1 N–H and O–H groups in total. The topological polar surface area (TPSA) is 49.4 Å². The fourth-order valence-corrected chi connectivity index (χ4v) is 2.44. The third-order valence-corrected chi connectivity index (χ3v) is 3.88. The lowest BCUT2D eigenvalue weighted by molar-refractivity contribution is -0.155. The predicted molar refractivity (Wildman–Crippen MR) is 72.0 cm³/mol. The Morgan fingerprint density at radius 3 is 2.11 bits per heavy atom. The van der Waals surface area contributed by atoms with Gasteiger partial charge < -0.3 is 10.2 Å². The maximum absolute atomic E-state index is 12.5. The van der Waals surface area contributed by atoms with E-state index in [9.17, 15) is 9.59 Å². The highest BCUT2D eigenvalue weighted by Crippen LogP contribution is 2.24. The van der Waals surface area contributed by atoms with Crippen molar-refractivity contribution in [3.05, 3.63) is 0 Å². The molecule has 3 unspecified atom stereocenters. The third kappa shape index (κ3) is 2.68. The van der Waals surface area contributed by atoms with Gasteiger partial charge in [-0.05, 0) is 25.2 Å². The smallest absolute Gasteiger partial charge is 0.246 e. The number of rotatable bonds is 4. The second-order valence-electron chi connectivity index (χ2n) is 5.89. The zero-order valence-electron chi connectivity index (χ0n) is 12.4. The molecule has 1 saturated heterocycles. The first-order valence-corrected chi connectivity index (χ1v) is 6.93. The van der Waals surface area contributed by atoms with Crippen molar-refractivity contribution in [1.29, 1.82) is 0 Å². The molecule has 1 aliphatic heterocycles. The summed E-state index contributed by atoms with van der Waals surface area (Å²) in [5, 5.41) is 2.84. The van der Waals surface area contributed by atoms with E-state index in [1.54, 1.807) is 0 Å². The summed E-state index contributed by atoms with van der Waals surface area (Å²) in [6.45, 7) is 12.1. The van der Waals surface area contributed by atoms with Crippen LogP contribution in [0.25, 0.3) is 0 Å². The molecule has 0 aromatic rings. The monoisotopic (exact) mass is 254 g/mol. The second kappa shape index (κ2) is 5.72. The van der Waals surface area contributed by atoms with Crippen LogP contribution in [0.1, 0.15) is 48.0 Å². The normalized spacial score (nSPS) is 26.8. The minimum Gasteiger partial charge on any atom is -0.343 e. The van der Waals surface area contributed by atoms with Crippen molar-refractivity contribution >= 4 is 11.8 Å². The van der Waals surface area contributed by atoms with Crippen molar-refractivity contribution in [3.8, 4) is 0 Å². The fraction of sp³-hybridized carbons (Fsp3) is 0.857. The molecule has 1 heterocycles. The molecule has 1 aliphatic rings. The quantitative estimate of drug-likeness (QED) is 0.831. The molecule has 0 saturated carbocycles. The Bertz CT molecular complexity index is 326. The van der Waals surface area contributed by atoms with Crippen molar-refractivity contribution in [2.45, 2.75) is 66.1 Å². The highest BCUT2D eigenvalue weighted by Gasteiger charge is 2.43. The van der Waals surface area contributed by atoms with Crippen LogP contribution in [0.4, 0.5) is 0 Å². The molecule has 1 fully saturated rings. The average Bonchev–Trinajstić information content (AvgIpc) is 2.29. The zero-order chi connectivity index (χ0) is 14.0. The fourth-order valence-electron chi connectivity index (χ4n) is 2.44. The van der Waals surface area contributed by atoms with E-state index >= 15 is 0 Å². The predicted octanol–water partition coefficient (Wildman–Crippen LogP) is 1.79. The van der Waals surface area contributed by atoms with E-state index in [4.69, 9.17) is 0 Å². The Kier molecular flexibility index (Phi) is 4.77. The van der Waals surface area contributed by atoms with Crippen molar-refractivity contribution in [3.63, 3.8) is 0 Å². The van der Waals surface area contributed by atoms with Gasteiger partial charge in [0.15, 0.2) is 0 Å². The van der Waals surface area contributed by atoms with E-state index in [1.807, 2.05) is 32.6 Å². The summed E-state index contributed by atoms with van der Waals surface area (Å²) in [7, 11) is 0. The molecule has 3 atom stereocenters. The van der Waals surface area contributed by atoms with Crippen LogP contribution in [-0.4, -0.2) is 34.8 Å². The first-order valence-electron chi connectivity index (χ1n) is 6.93. The Morgan fingerprint density at radius 1 is 1.17 bits per heavy atom. The van der Waals surface area contributed by atoms with Gasteiger partial charge in [0.05, 0.1) is 0 Å². The number of nitrogens with one attached hydrogen (secondary N) is 1. The van der Waals surface area contributed by atoms with Crippen LogP contribution in [-0.2, 0) is 9.59 Å². The summed E-state index contributed by atoms with van der Waals surface area (Å²) < 4.78 is 0. The zero-order valence-corrected chi connectivity index (χ0v) is 12.4. The van der Waals surface area contributed by atoms with Crippen LogP contribution in [0.5, 0.6) is 0 Å². The lowest BCUT2D eigenvalue weighted by atomic mass is 9.92. The van der Waals surface area contributed by atoms with Gasteiger partial charge >= 0.3 is 0 Å². The molecule has 0 aromatic heterocycles. The molecule has 1 rings (SSSR count). The number of amides is 2. The van der Waals surface area contributed by atoms with E-state index in [1.165, 1.54) is 0 Å². The lowest BCUT2D eigenvalue weighted by Gasteiger charge is -2.45. The van der Waals surface area contributed by atoms with Crippen LogP contribution in [0.3, 0.4) is 0 Å². The minimum atomic E-state index is -0.353. The number of carbonyl (C=O) groups is 2. The first-order chi connectivity index (χ1) is 8.31. The second-order valence-corrected chi connectivity index (χ2v) is 5.89. The molecule has 104 valence electrons. The number of carbonyl (C=O) groups excluding carboxylic acids is 2. The number of hydrogen-bond acceptors (Lipinski definition) is 2. The van der Waals surface area contributed by atoms with Crippen molar-refractivity contribution < 1.29 is 9.59 Å². The lowest BCUT2D eigenvalue weighted by Crippen LogP contribution is -2.67. The van der Waals surface area contributed by atoms with Gasteiger partial charge in [0.25, 0.3) is 0 Å². The minimum absolute atomic E-state index is 0.0102. The maximum Gasteiger partial charge on any atom is 0.246 e. The third-order valence-electron chi connectivity index (χ3n) is 3.88. The van der Waals surface area contributed by atoms with Gasteiger partial charge in [0.2, 0.25) is 11.8 Å². The van der Waals surface area contributed by atoms with Gasteiger partial charge in [-0.2, -0.15) is 0 Å². The number of nitrogens with zero attached hydrogens (tertiary/aromatic N) is 1. The van der Waals surface area contributed by atoms with Gasteiger partial charge in [-0.3, -0.25) is 9.59 Å². The van der Waals surface area contributed by atoms with Crippen LogP contribution < -0.4 is 5.32 Å². The largest absolute Gasteiger partial charge is 0.343 e. The molecule has 18 heavy (non-hydrogen) atoms. The standard InChI is InChI=1S/C14H26N2O2/c1-7-11-14(18)16(10(6)8(2)3)12(9(4)5)13(17)15-11/h8-12H,7H2,1-6H3,(H,15,17). The summed E-state index contributed by atoms with van der Waals surface area (Å²) in [4.78, 5) is 26.5. The van der Waals surface area contributed by atoms with E-state index in [-0.39, 0.29) is 35.9 Å². The van der Waals surface area contributed by atoms with Gasteiger partial charge in [0.1, 0.15) is 12.1 Å². The maximum atomic E-state index is 12.5. The first kappa shape index (κ1) is 15.0. The number of hydrogen-bond donors (Lipinski definition) is 1.